The first-order chi connectivity index (χ1) is 6.27. The highest BCUT2D eigenvalue weighted by atomic mass is 32.2. The third-order valence-corrected chi connectivity index (χ3v) is 2.44. The second kappa shape index (κ2) is 9.45. The largest absolute Gasteiger partial charge is 0.505 e. The van der Waals surface area contributed by atoms with Crippen LogP contribution in [0, 0.1) is 0 Å². The number of hydrogen-bond donors (Lipinski definition) is 1. The monoisotopic (exact) mass is 204 g/mol. The van der Waals surface area contributed by atoms with Crippen molar-refractivity contribution in [1.82, 2.24) is 0 Å². The summed E-state index contributed by atoms with van der Waals surface area (Å²) in [5.74, 6) is 2.10. The van der Waals surface area contributed by atoms with E-state index in [0.717, 1.165) is 30.8 Å². The van der Waals surface area contributed by atoms with Crippen molar-refractivity contribution in [3.05, 3.63) is 12.7 Å². The van der Waals surface area contributed by atoms with E-state index in [1.807, 2.05) is 17.8 Å². The van der Waals surface area contributed by atoms with Gasteiger partial charge in [-0.3, -0.25) is 0 Å². The summed E-state index contributed by atoms with van der Waals surface area (Å²) in [5, 5.41) is 8.15. The molecule has 0 unspecified atom stereocenters. The van der Waals surface area contributed by atoms with E-state index in [4.69, 9.17) is 5.11 Å². The first kappa shape index (κ1) is 12.4. The Kier molecular flexibility index (Phi) is 8.98. The summed E-state index contributed by atoms with van der Waals surface area (Å²) >= 11 is 1.84. The molecule has 0 aliphatic rings. The summed E-state index contributed by atoms with van der Waals surface area (Å²) < 4.78 is 4.36. The van der Waals surface area contributed by atoms with E-state index in [-0.39, 0.29) is 0 Å². The van der Waals surface area contributed by atoms with E-state index in [1.54, 1.807) is 0 Å². The minimum absolute atomic E-state index is 0.321. The lowest BCUT2D eigenvalue weighted by Crippen LogP contribution is -2.01. The van der Waals surface area contributed by atoms with Crippen LogP contribution in [0.4, 0.5) is 4.79 Å². The molecule has 0 amide bonds. The Bertz CT molecular complexity index is 148. The fourth-order valence-corrected chi connectivity index (χ4v) is 1.55. The van der Waals surface area contributed by atoms with Crippen molar-refractivity contribution in [1.29, 1.82) is 0 Å². The van der Waals surface area contributed by atoms with Crippen molar-refractivity contribution in [2.75, 3.05) is 18.1 Å². The maximum absolute atomic E-state index is 9.94. The van der Waals surface area contributed by atoms with E-state index in [2.05, 4.69) is 11.3 Å². The van der Waals surface area contributed by atoms with Gasteiger partial charge in [-0.1, -0.05) is 6.08 Å². The zero-order valence-electron chi connectivity index (χ0n) is 7.70. The molecule has 0 saturated carbocycles. The van der Waals surface area contributed by atoms with Gasteiger partial charge in [0, 0.05) is 5.75 Å². The SMILES string of the molecule is C=CCSCCCCCOC(=O)O. The summed E-state index contributed by atoms with van der Waals surface area (Å²) in [6, 6.07) is 0. The van der Waals surface area contributed by atoms with Gasteiger partial charge in [0.1, 0.15) is 0 Å². The van der Waals surface area contributed by atoms with E-state index in [1.165, 1.54) is 0 Å². The molecule has 0 bridgehead atoms. The first-order valence-electron chi connectivity index (χ1n) is 4.31. The molecule has 0 heterocycles. The van der Waals surface area contributed by atoms with Gasteiger partial charge in [0.25, 0.3) is 0 Å². The molecule has 0 atom stereocenters. The van der Waals surface area contributed by atoms with Crippen LogP contribution in [-0.4, -0.2) is 29.4 Å². The molecule has 0 aliphatic heterocycles. The molecule has 0 aromatic heterocycles. The first-order valence-corrected chi connectivity index (χ1v) is 5.47. The van der Waals surface area contributed by atoms with Gasteiger partial charge in [-0.25, -0.2) is 4.79 Å². The predicted octanol–water partition coefficient (Wildman–Crippen LogP) is 2.77. The van der Waals surface area contributed by atoms with Gasteiger partial charge in [-0.15, -0.1) is 6.58 Å². The third kappa shape index (κ3) is 11.4. The van der Waals surface area contributed by atoms with Crippen LogP contribution in [0.15, 0.2) is 12.7 Å². The highest BCUT2D eigenvalue weighted by Gasteiger charge is 1.95. The number of hydrogen-bond acceptors (Lipinski definition) is 3. The lowest BCUT2D eigenvalue weighted by atomic mass is 10.3. The van der Waals surface area contributed by atoms with Gasteiger partial charge >= 0.3 is 6.16 Å². The molecule has 4 heteroatoms. The van der Waals surface area contributed by atoms with Crippen LogP contribution in [-0.2, 0) is 4.74 Å². The standard InChI is InChI=1S/C9H16O3S/c1-2-7-13-8-5-3-4-6-12-9(10)11/h2H,1,3-8H2,(H,10,11). The summed E-state index contributed by atoms with van der Waals surface area (Å²) in [6.45, 7) is 3.94. The maximum Gasteiger partial charge on any atom is 0.505 e. The Hall–Kier alpha value is -0.640. The summed E-state index contributed by atoms with van der Waals surface area (Å²) in [6.07, 6.45) is 3.67. The van der Waals surface area contributed by atoms with Crippen LogP contribution in [0.5, 0.6) is 0 Å². The number of unbranched alkanes of at least 4 members (excludes halogenated alkanes) is 2. The van der Waals surface area contributed by atoms with Crippen LogP contribution in [0.3, 0.4) is 0 Å². The van der Waals surface area contributed by atoms with Crippen molar-refractivity contribution in [3.8, 4) is 0 Å². The lowest BCUT2D eigenvalue weighted by Gasteiger charge is -2.00. The molecule has 0 rings (SSSR count). The number of thioether (sulfide) groups is 1. The highest BCUT2D eigenvalue weighted by Crippen LogP contribution is 2.06. The molecule has 0 fully saturated rings. The molecular formula is C9H16O3S. The fourth-order valence-electron chi connectivity index (χ4n) is 0.809. The van der Waals surface area contributed by atoms with Gasteiger partial charge in [0.05, 0.1) is 6.61 Å². The third-order valence-electron chi connectivity index (χ3n) is 1.39. The summed E-state index contributed by atoms with van der Waals surface area (Å²) in [7, 11) is 0. The Labute approximate surface area is 83.2 Å². The molecule has 0 saturated heterocycles. The second-order valence-corrected chi connectivity index (χ2v) is 3.69. The predicted molar refractivity (Wildman–Crippen MR) is 55.3 cm³/mol. The van der Waals surface area contributed by atoms with Crippen molar-refractivity contribution in [2.24, 2.45) is 0 Å². The number of ether oxygens (including phenoxy) is 1. The topological polar surface area (TPSA) is 46.5 Å². The van der Waals surface area contributed by atoms with Crippen molar-refractivity contribution >= 4 is 17.9 Å². The molecule has 1 N–H and O–H groups in total. The van der Waals surface area contributed by atoms with Gasteiger partial charge in [0.15, 0.2) is 0 Å². The van der Waals surface area contributed by atoms with Gasteiger partial charge in [0.2, 0.25) is 0 Å². The van der Waals surface area contributed by atoms with Crippen LogP contribution < -0.4 is 0 Å². The fraction of sp³-hybridized carbons (Fsp3) is 0.667. The highest BCUT2D eigenvalue weighted by molar-refractivity contribution is 7.99. The molecule has 76 valence electrons. The summed E-state index contributed by atoms with van der Waals surface area (Å²) in [5.41, 5.74) is 0. The summed E-state index contributed by atoms with van der Waals surface area (Å²) in [4.78, 5) is 9.94. The van der Waals surface area contributed by atoms with Gasteiger partial charge in [-0.2, -0.15) is 11.8 Å². The minimum atomic E-state index is -1.18. The van der Waals surface area contributed by atoms with E-state index in [9.17, 15) is 4.79 Å². The van der Waals surface area contributed by atoms with Crippen molar-refractivity contribution in [2.45, 2.75) is 19.3 Å². The maximum atomic E-state index is 9.94. The number of carbonyl (C=O) groups is 1. The Morgan fingerprint density at radius 3 is 2.85 bits per heavy atom. The molecule has 3 nitrogen and oxygen atoms in total. The molecule has 0 radical (unpaired) electrons. The van der Waals surface area contributed by atoms with Crippen LogP contribution in [0.25, 0.3) is 0 Å². The average molecular weight is 204 g/mol. The van der Waals surface area contributed by atoms with Crippen LogP contribution >= 0.6 is 11.8 Å². The molecular weight excluding hydrogens is 188 g/mol. The molecule has 13 heavy (non-hydrogen) atoms. The Morgan fingerprint density at radius 1 is 1.46 bits per heavy atom. The van der Waals surface area contributed by atoms with Crippen molar-refractivity contribution < 1.29 is 14.6 Å². The zero-order chi connectivity index (χ0) is 9.94. The number of rotatable bonds is 8. The van der Waals surface area contributed by atoms with Crippen LogP contribution in [0.1, 0.15) is 19.3 Å². The molecule has 0 spiro atoms. The molecule has 0 aromatic carbocycles. The smallest absolute Gasteiger partial charge is 0.450 e. The van der Waals surface area contributed by atoms with Crippen LogP contribution in [0.2, 0.25) is 0 Å². The second-order valence-electron chi connectivity index (χ2n) is 2.54. The van der Waals surface area contributed by atoms with E-state index < -0.39 is 6.16 Å². The lowest BCUT2D eigenvalue weighted by molar-refractivity contribution is 0.0901. The quantitative estimate of drug-likeness (QED) is 0.375. The zero-order valence-corrected chi connectivity index (χ0v) is 8.52. The molecule has 0 aromatic rings. The number of carboxylic acid groups (broad SMARTS) is 1. The molecule has 0 aliphatic carbocycles. The van der Waals surface area contributed by atoms with Gasteiger partial charge in [-0.05, 0) is 25.0 Å². The Morgan fingerprint density at radius 2 is 2.23 bits per heavy atom. The normalized spacial score (nSPS) is 9.54. The average Bonchev–Trinajstić information content (AvgIpc) is 2.09. The van der Waals surface area contributed by atoms with Gasteiger partial charge < -0.3 is 9.84 Å². The van der Waals surface area contributed by atoms with E-state index in [0.29, 0.717) is 6.61 Å². The minimum Gasteiger partial charge on any atom is -0.450 e. The van der Waals surface area contributed by atoms with Crippen molar-refractivity contribution in [3.63, 3.8) is 0 Å². The Balaban J connectivity index is 2.91. The van der Waals surface area contributed by atoms with E-state index >= 15 is 0 Å².